The van der Waals surface area contributed by atoms with Crippen LogP contribution >= 0.6 is 19.2 Å². The van der Waals surface area contributed by atoms with Gasteiger partial charge in [-0.2, -0.15) is 5.06 Å². The summed E-state index contributed by atoms with van der Waals surface area (Å²) in [6.07, 6.45) is 4.96. The van der Waals surface area contributed by atoms with Crippen LogP contribution in [-0.4, -0.2) is 63.1 Å². The van der Waals surface area contributed by atoms with Gasteiger partial charge < -0.3 is 10.2 Å². The minimum Gasteiger partial charge on any atom is -0.363 e. The van der Waals surface area contributed by atoms with Crippen molar-refractivity contribution in [3.8, 4) is 11.4 Å². The molecule has 0 spiro atoms. The lowest BCUT2D eigenvalue weighted by Gasteiger charge is -2.32. The highest BCUT2D eigenvalue weighted by molar-refractivity contribution is 7.90. The first-order valence-corrected chi connectivity index (χ1v) is 15.8. The Labute approximate surface area is 229 Å². The average Bonchev–Trinajstić information content (AvgIpc) is 3.24. The Bertz CT molecular complexity index is 1700. The summed E-state index contributed by atoms with van der Waals surface area (Å²) in [6, 6.07) is 7.63. The standard InChI is InChI=1S/C24H25ClFN6O5PS/c1-15-5-7-18(8-6-15)39(35,36)32-14-20(19-10-16(25)11-28-24(19)32)22-27-12-21(26)23(30-22)29-17-4-3-9-31(13-17)37-38(2,33)34/h5-8,10-12,14,17H,3-4,9,13H2,1-2H3,(H,33,34)(H,27,29,30)/t17-/m0/s1. The minimum atomic E-state index is -4.04. The number of aromatic nitrogens is 4. The third-order valence-corrected chi connectivity index (χ3v) is 8.54. The Morgan fingerprint density at radius 1 is 1.23 bits per heavy atom. The highest BCUT2D eigenvalue weighted by atomic mass is 35.5. The normalized spacial score (nSPS) is 18.2. The molecule has 1 aromatic carbocycles. The average molecular weight is 595 g/mol. The predicted octanol–water partition coefficient (Wildman–Crippen LogP) is 4.45. The van der Waals surface area contributed by atoms with Gasteiger partial charge in [-0.1, -0.05) is 29.3 Å². The third kappa shape index (κ3) is 5.98. The number of piperidine rings is 1. The van der Waals surface area contributed by atoms with Gasteiger partial charge in [-0.05, 0) is 38.0 Å². The maximum atomic E-state index is 14.8. The van der Waals surface area contributed by atoms with Gasteiger partial charge in [0.1, 0.15) is 0 Å². The maximum absolute atomic E-state index is 14.8. The van der Waals surface area contributed by atoms with Gasteiger partial charge in [-0.15, -0.1) is 0 Å². The number of nitrogens with one attached hydrogen (secondary N) is 1. The minimum absolute atomic E-state index is 0.0585. The number of aryl methyl sites for hydroxylation is 1. The molecule has 5 rings (SSSR count). The molecule has 1 saturated heterocycles. The van der Waals surface area contributed by atoms with Crippen molar-refractivity contribution in [1.82, 2.24) is 24.0 Å². The molecule has 2 atom stereocenters. The fourth-order valence-corrected chi connectivity index (χ4v) is 6.44. The molecule has 15 heteroatoms. The molecule has 1 fully saturated rings. The van der Waals surface area contributed by atoms with Crippen LogP contribution in [-0.2, 0) is 19.2 Å². The van der Waals surface area contributed by atoms with Crippen LogP contribution in [0.5, 0.6) is 0 Å². The molecule has 4 aromatic rings. The van der Waals surface area contributed by atoms with Crippen molar-refractivity contribution in [2.45, 2.75) is 30.7 Å². The van der Waals surface area contributed by atoms with E-state index in [2.05, 4.69) is 20.3 Å². The van der Waals surface area contributed by atoms with E-state index in [4.69, 9.17) is 16.2 Å². The number of hydrogen-bond donors (Lipinski definition) is 2. The van der Waals surface area contributed by atoms with Gasteiger partial charge in [-0.3, -0.25) is 4.57 Å². The van der Waals surface area contributed by atoms with Crippen LogP contribution in [0.4, 0.5) is 10.2 Å². The predicted molar refractivity (Wildman–Crippen MR) is 145 cm³/mol. The molecular formula is C24H25ClFN6O5PS. The van der Waals surface area contributed by atoms with Crippen molar-refractivity contribution >= 4 is 46.1 Å². The van der Waals surface area contributed by atoms with Gasteiger partial charge in [0, 0.05) is 49.1 Å². The largest absolute Gasteiger partial charge is 0.363 e. The fourth-order valence-electron chi connectivity index (χ4n) is 4.38. The molecule has 2 N–H and O–H groups in total. The Balaban J connectivity index is 1.52. The molecular weight excluding hydrogens is 570 g/mol. The Hall–Kier alpha value is -2.93. The van der Waals surface area contributed by atoms with E-state index in [0.717, 1.165) is 22.4 Å². The van der Waals surface area contributed by atoms with Gasteiger partial charge in [0.15, 0.2) is 23.1 Å². The number of hydroxylamine groups is 2. The molecule has 0 saturated carbocycles. The lowest BCUT2D eigenvalue weighted by atomic mass is 10.1. The number of benzene rings is 1. The van der Waals surface area contributed by atoms with Gasteiger partial charge in [0.2, 0.25) is 0 Å². The van der Waals surface area contributed by atoms with Crippen LogP contribution < -0.4 is 5.32 Å². The second-order valence-electron chi connectivity index (χ2n) is 9.33. The van der Waals surface area contributed by atoms with E-state index >= 15 is 0 Å². The number of hydrogen-bond acceptors (Lipinski definition) is 9. The molecule has 0 amide bonds. The molecule has 1 aliphatic rings. The smallest absolute Gasteiger partial charge is 0.341 e. The molecule has 206 valence electrons. The summed E-state index contributed by atoms with van der Waals surface area (Å²) in [7, 11) is -7.78. The van der Waals surface area contributed by atoms with E-state index in [-0.39, 0.29) is 39.8 Å². The van der Waals surface area contributed by atoms with E-state index in [1.165, 1.54) is 29.6 Å². The third-order valence-electron chi connectivity index (χ3n) is 6.13. The van der Waals surface area contributed by atoms with E-state index in [1.807, 2.05) is 6.92 Å². The summed E-state index contributed by atoms with van der Waals surface area (Å²) in [6.45, 7) is 3.63. The molecule has 0 bridgehead atoms. The molecule has 0 aliphatic carbocycles. The molecule has 3 aromatic heterocycles. The Morgan fingerprint density at radius 3 is 2.69 bits per heavy atom. The van der Waals surface area contributed by atoms with Crippen molar-refractivity contribution in [1.29, 1.82) is 0 Å². The fraction of sp³-hybridized carbons (Fsp3) is 0.292. The van der Waals surface area contributed by atoms with Crippen molar-refractivity contribution < 1.29 is 26.9 Å². The highest BCUT2D eigenvalue weighted by Crippen LogP contribution is 2.39. The Kier molecular flexibility index (Phi) is 7.49. The number of halogens is 2. The van der Waals surface area contributed by atoms with E-state index < -0.39 is 23.4 Å². The summed E-state index contributed by atoms with van der Waals surface area (Å²) in [5.74, 6) is -0.761. The molecule has 0 radical (unpaired) electrons. The number of rotatable bonds is 7. The topological polar surface area (TPSA) is 140 Å². The first-order chi connectivity index (χ1) is 18.4. The summed E-state index contributed by atoms with van der Waals surface area (Å²) < 4.78 is 59.6. The number of fused-ring (bicyclic) bond motifs is 1. The van der Waals surface area contributed by atoms with Crippen molar-refractivity contribution in [3.63, 3.8) is 0 Å². The number of anilines is 1. The van der Waals surface area contributed by atoms with Gasteiger partial charge >= 0.3 is 7.60 Å². The van der Waals surface area contributed by atoms with Crippen LogP contribution in [0, 0.1) is 12.7 Å². The zero-order valence-electron chi connectivity index (χ0n) is 21.0. The number of pyridine rings is 1. The molecule has 4 heterocycles. The lowest BCUT2D eigenvalue weighted by molar-refractivity contribution is -0.0815. The zero-order chi connectivity index (χ0) is 27.9. The monoisotopic (exact) mass is 594 g/mol. The van der Waals surface area contributed by atoms with Crippen LogP contribution in [0.25, 0.3) is 22.4 Å². The number of nitrogens with zero attached hydrogens (tertiary/aromatic N) is 5. The quantitative estimate of drug-likeness (QED) is 0.295. The van der Waals surface area contributed by atoms with Crippen LogP contribution in [0.15, 0.2) is 53.8 Å². The molecule has 1 unspecified atom stereocenters. The zero-order valence-corrected chi connectivity index (χ0v) is 23.4. The van der Waals surface area contributed by atoms with E-state index in [1.54, 1.807) is 18.2 Å². The SMILES string of the molecule is Cc1ccc(S(=O)(=O)n2cc(-c3ncc(F)c(N[C@H]4CCCN(OP(C)(=O)O)C4)n3)c3cc(Cl)cnc32)cc1. The van der Waals surface area contributed by atoms with Gasteiger partial charge in [-0.25, -0.2) is 36.4 Å². The highest BCUT2D eigenvalue weighted by Gasteiger charge is 2.27. The molecule has 11 nitrogen and oxygen atoms in total. The summed E-state index contributed by atoms with van der Waals surface area (Å²) in [5, 5.41) is 5.03. The lowest BCUT2D eigenvalue weighted by Crippen LogP contribution is -2.41. The maximum Gasteiger partial charge on any atom is 0.341 e. The second kappa shape index (κ2) is 10.6. The molecule has 1 aliphatic heterocycles. The van der Waals surface area contributed by atoms with Gasteiger partial charge in [0.25, 0.3) is 10.0 Å². The summed E-state index contributed by atoms with van der Waals surface area (Å²) in [4.78, 5) is 22.3. The van der Waals surface area contributed by atoms with Gasteiger partial charge in [0.05, 0.1) is 16.1 Å². The van der Waals surface area contributed by atoms with Crippen LogP contribution in [0.3, 0.4) is 0 Å². The summed E-state index contributed by atoms with van der Waals surface area (Å²) in [5.41, 5.74) is 1.31. The van der Waals surface area contributed by atoms with Crippen LogP contribution in [0.1, 0.15) is 18.4 Å². The first-order valence-electron chi connectivity index (χ1n) is 11.9. The summed E-state index contributed by atoms with van der Waals surface area (Å²) >= 11 is 6.19. The van der Waals surface area contributed by atoms with Crippen molar-refractivity contribution in [3.05, 3.63) is 65.3 Å². The first kappa shape index (κ1) is 27.6. The van der Waals surface area contributed by atoms with E-state index in [9.17, 15) is 22.3 Å². The Morgan fingerprint density at radius 2 is 1.97 bits per heavy atom. The van der Waals surface area contributed by atoms with E-state index in [0.29, 0.717) is 30.3 Å². The molecule has 39 heavy (non-hydrogen) atoms. The van der Waals surface area contributed by atoms with Crippen molar-refractivity contribution in [2.75, 3.05) is 25.1 Å². The van der Waals surface area contributed by atoms with Crippen molar-refractivity contribution in [2.24, 2.45) is 0 Å². The second-order valence-corrected chi connectivity index (χ2v) is 13.3. The van der Waals surface area contributed by atoms with Crippen LogP contribution in [0.2, 0.25) is 5.02 Å².